The first-order valence-corrected chi connectivity index (χ1v) is 7.69. The highest BCUT2D eigenvalue weighted by Gasteiger charge is 2.24. The lowest BCUT2D eigenvalue weighted by molar-refractivity contribution is 0.0322. The molecule has 0 spiro atoms. The Morgan fingerprint density at radius 2 is 2.21 bits per heavy atom. The molecule has 2 N–H and O–H groups in total. The van der Waals surface area contributed by atoms with E-state index in [-0.39, 0.29) is 12.1 Å². The summed E-state index contributed by atoms with van der Waals surface area (Å²) in [6, 6.07) is 10.3. The Labute approximate surface area is 122 Å². The summed E-state index contributed by atoms with van der Waals surface area (Å²) in [7, 11) is 0. The summed E-state index contributed by atoms with van der Waals surface area (Å²) in [5, 5.41) is 2.74. The number of nitrogens with two attached hydrogens (primary N) is 1. The highest BCUT2D eigenvalue weighted by molar-refractivity contribution is 7.10. The van der Waals surface area contributed by atoms with Gasteiger partial charge in [0.25, 0.3) is 0 Å². The van der Waals surface area contributed by atoms with Crippen molar-refractivity contribution in [2.24, 2.45) is 5.73 Å². The van der Waals surface area contributed by atoms with Crippen LogP contribution in [-0.2, 0) is 11.2 Å². The highest BCUT2D eigenvalue weighted by atomic mass is 35.5. The molecule has 0 saturated carbocycles. The molecule has 1 aromatic carbocycles. The third-order valence-corrected chi connectivity index (χ3v) is 5.03. The molecule has 0 fully saturated rings. The molecule has 2 aromatic rings. The molecule has 0 saturated heterocycles. The lowest BCUT2D eigenvalue weighted by atomic mass is 9.93. The lowest BCUT2D eigenvalue weighted by Crippen LogP contribution is -2.21. The number of hydrogen-bond donors (Lipinski definition) is 1. The maximum absolute atomic E-state index is 6.27. The zero-order chi connectivity index (χ0) is 13.2. The van der Waals surface area contributed by atoms with Crippen molar-refractivity contribution in [3.05, 3.63) is 56.7 Å². The Morgan fingerprint density at radius 3 is 3.00 bits per heavy atom. The van der Waals surface area contributed by atoms with Crippen molar-refractivity contribution in [1.82, 2.24) is 0 Å². The lowest BCUT2D eigenvalue weighted by Gasteiger charge is -2.28. The van der Waals surface area contributed by atoms with Gasteiger partial charge in [0.05, 0.1) is 17.7 Å². The number of benzene rings is 1. The van der Waals surface area contributed by atoms with E-state index in [0.717, 1.165) is 29.3 Å². The first-order valence-electron chi connectivity index (χ1n) is 6.43. The molecule has 1 aromatic heterocycles. The smallest absolute Gasteiger partial charge is 0.0846 e. The second-order valence-electron chi connectivity index (χ2n) is 4.78. The van der Waals surface area contributed by atoms with E-state index in [4.69, 9.17) is 22.1 Å². The summed E-state index contributed by atoms with van der Waals surface area (Å²) < 4.78 is 5.89. The largest absolute Gasteiger partial charge is 0.373 e. The van der Waals surface area contributed by atoms with Gasteiger partial charge < -0.3 is 10.5 Å². The number of rotatable bonds is 3. The number of halogens is 1. The van der Waals surface area contributed by atoms with Crippen LogP contribution in [0.1, 0.15) is 34.6 Å². The van der Waals surface area contributed by atoms with Crippen molar-refractivity contribution in [2.45, 2.75) is 25.0 Å². The number of fused-ring (bicyclic) bond motifs is 1. The highest BCUT2D eigenvalue weighted by Crippen LogP contribution is 2.36. The van der Waals surface area contributed by atoms with E-state index in [9.17, 15) is 0 Å². The van der Waals surface area contributed by atoms with Gasteiger partial charge in [-0.25, -0.2) is 0 Å². The van der Waals surface area contributed by atoms with Crippen LogP contribution in [0.5, 0.6) is 0 Å². The van der Waals surface area contributed by atoms with Gasteiger partial charge in [-0.1, -0.05) is 35.9 Å². The third kappa shape index (κ3) is 2.70. The molecule has 0 radical (unpaired) electrons. The third-order valence-electron chi connectivity index (χ3n) is 3.54. The van der Waals surface area contributed by atoms with Crippen molar-refractivity contribution < 1.29 is 4.74 Å². The van der Waals surface area contributed by atoms with Gasteiger partial charge in [-0.2, -0.15) is 0 Å². The molecule has 0 amide bonds. The Morgan fingerprint density at radius 1 is 1.37 bits per heavy atom. The predicted octanol–water partition coefficient (Wildman–Crippen LogP) is 4.11. The summed E-state index contributed by atoms with van der Waals surface area (Å²) in [6.07, 6.45) is 1.84. The van der Waals surface area contributed by atoms with Crippen LogP contribution in [0.2, 0.25) is 5.02 Å². The van der Waals surface area contributed by atoms with Gasteiger partial charge >= 0.3 is 0 Å². The monoisotopic (exact) mass is 293 g/mol. The summed E-state index contributed by atoms with van der Waals surface area (Å²) in [5.74, 6) is 0. The van der Waals surface area contributed by atoms with E-state index in [1.807, 2.05) is 11.4 Å². The van der Waals surface area contributed by atoms with Gasteiger partial charge in [0.2, 0.25) is 0 Å². The SMILES string of the molecule is NC(CC1OCCc2ccccc21)c1sccc1Cl. The number of hydrogen-bond acceptors (Lipinski definition) is 3. The van der Waals surface area contributed by atoms with Crippen LogP contribution in [-0.4, -0.2) is 6.61 Å². The van der Waals surface area contributed by atoms with E-state index in [1.165, 1.54) is 11.1 Å². The predicted molar refractivity (Wildman–Crippen MR) is 79.7 cm³/mol. The van der Waals surface area contributed by atoms with Crippen LogP contribution in [0.4, 0.5) is 0 Å². The second kappa shape index (κ2) is 5.63. The van der Waals surface area contributed by atoms with Crippen LogP contribution in [0.25, 0.3) is 0 Å². The van der Waals surface area contributed by atoms with Crippen molar-refractivity contribution in [3.63, 3.8) is 0 Å². The fourth-order valence-corrected chi connectivity index (χ4v) is 3.79. The van der Waals surface area contributed by atoms with Crippen molar-refractivity contribution in [2.75, 3.05) is 6.61 Å². The standard InChI is InChI=1S/C15H16ClNOS/c16-12-6-8-19-15(12)13(17)9-14-11-4-2-1-3-10(11)5-7-18-14/h1-4,6,8,13-14H,5,7,9,17H2. The van der Waals surface area contributed by atoms with E-state index < -0.39 is 0 Å². The fraction of sp³-hybridized carbons (Fsp3) is 0.333. The molecule has 2 atom stereocenters. The van der Waals surface area contributed by atoms with Gasteiger partial charge in [-0.05, 0) is 35.4 Å². The summed E-state index contributed by atoms with van der Waals surface area (Å²) in [6.45, 7) is 0.770. The first kappa shape index (κ1) is 13.1. The van der Waals surface area contributed by atoms with E-state index in [1.54, 1.807) is 11.3 Å². The van der Waals surface area contributed by atoms with E-state index in [2.05, 4.69) is 24.3 Å². The van der Waals surface area contributed by atoms with Crippen LogP contribution in [0, 0.1) is 0 Å². The first-order chi connectivity index (χ1) is 9.25. The molecule has 3 rings (SSSR count). The molecule has 100 valence electrons. The maximum atomic E-state index is 6.27. The Hall–Kier alpha value is -0.870. The zero-order valence-electron chi connectivity index (χ0n) is 10.5. The van der Waals surface area contributed by atoms with Crippen LogP contribution in [0.15, 0.2) is 35.7 Å². The quantitative estimate of drug-likeness (QED) is 0.924. The van der Waals surface area contributed by atoms with Crippen LogP contribution >= 0.6 is 22.9 Å². The molecule has 1 aliphatic heterocycles. The topological polar surface area (TPSA) is 35.2 Å². The minimum atomic E-state index is -0.0661. The molecule has 1 aliphatic rings. The van der Waals surface area contributed by atoms with Gasteiger partial charge in [-0.15, -0.1) is 11.3 Å². The fourth-order valence-electron chi connectivity index (χ4n) is 2.58. The average Bonchev–Trinajstić information content (AvgIpc) is 2.85. The van der Waals surface area contributed by atoms with Crippen LogP contribution < -0.4 is 5.73 Å². The minimum Gasteiger partial charge on any atom is -0.373 e. The van der Waals surface area contributed by atoms with E-state index >= 15 is 0 Å². The number of thiophene rings is 1. The van der Waals surface area contributed by atoms with Crippen molar-refractivity contribution >= 4 is 22.9 Å². The van der Waals surface area contributed by atoms with E-state index in [0.29, 0.717) is 0 Å². The molecular weight excluding hydrogens is 278 g/mol. The molecule has 2 unspecified atom stereocenters. The van der Waals surface area contributed by atoms with Crippen molar-refractivity contribution in [3.8, 4) is 0 Å². The molecule has 4 heteroatoms. The van der Waals surface area contributed by atoms with Gasteiger partial charge in [0.15, 0.2) is 0 Å². The average molecular weight is 294 g/mol. The minimum absolute atomic E-state index is 0.0661. The van der Waals surface area contributed by atoms with Gasteiger partial charge in [0, 0.05) is 10.9 Å². The normalized spacial score (nSPS) is 20.0. The zero-order valence-corrected chi connectivity index (χ0v) is 12.1. The molecule has 2 heterocycles. The van der Waals surface area contributed by atoms with Gasteiger partial charge in [-0.3, -0.25) is 0 Å². The molecular formula is C15H16ClNOS. The molecule has 0 aliphatic carbocycles. The Bertz CT molecular complexity index is 569. The number of ether oxygens (including phenoxy) is 1. The Kier molecular flexibility index (Phi) is 3.89. The Balaban J connectivity index is 1.80. The van der Waals surface area contributed by atoms with Crippen molar-refractivity contribution in [1.29, 1.82) is 0 Å². The second-order valence-corrected chi connectivity index (χ2v) is 6.14. The summed E-state index contributed by atoms with van der Waals surface area (Å²) in [4.78, 5) is 1.05. The van der Waals surface area contributed by atoms with Crippen LogP contribution in [0.3, 0.4) is 0 Å². The maximum Gasteiger partial charge on any atom is 0.0846 e. The molecule has 19 heavy (non-hydrogen) atoms. The molecule has 0 bridgehead atoms. The molecule has 2 nitrogen and oxygen atoms in total. The van der Waals surface area contributed by atoms with Gasteiger partial charge in [0.1, 0.15) is 0 Å². The summed E-state index contributed by atoms with van der Waals surface area (Å²) in [5.41, 5.74) is 8.93. The summed E-state index contributed by atoms with van der Waals surface area (Å²) >= 11 is 7.76.